The highest BCUT2D eigenvalue weighted by Gasteiger charge is 2.35. The molecule has 3 rings (SSSR count). The van der Waals surface area contributed by atoms with E-state index in [2.05, 4.69) is 31.2 Å². The Labute approximate surface area is 196 Å². The highest BCUT2D eigenvalue weighted by molar-refractivity contribution is 5.99. The van der Waals surface area contributed by atoms with Crippen LogP contribution in [0.4, 0.5) is 10.1 Å². The van der Waals surface area contributed by atoms with Gasteiger partial charge in [-0.1, -0.05) is 49.7 Å². The van der Waals surface area contributed by atoms with Crippen molar-refractivity contribution in [3.63, 3.8) is 0 Å². The van der Waals surface area contributed by atoms with E-state index >= 15 is 0 Å². The monoisotopic (exact) mass is 449 g/mol. The molecule has 0 fully saturated rings. The van der Waals surface area contributed by atoms with Crippen LogP contribution < -0.4 is 9.64 Å². The number of halogens is 1. The van der Waals surface area contributed by atoms with Gasteiger partial charge in [-0.15, -0.1) is 0 Å². The first kappa shape index (κ1) is 24.5. The Bertz CT molecular complexity index is 1030. The van der Waals surface area contributed by atoms with E-state index in [4.69, 9.17) is 9.47 Å². The van der Waals surface area contributed by atoms with Crippen LogP contribution in [0.1, 0.15) is 39.2 Å². The fourth-order valence-corrected chi connectivity index (χ4v) is 3.62. The summed E-state index contributed by atoms with van der Waals surface area (Å²) in [4.78, 5) is 15.3. The molecule has 3 aromatic rings. The smallest absolute Gasteiger partial charge is 0.270 e. The normalized spacial score (nSPS) is 11.3. The highest BCUT2D eigenvalue weighted by atomic mass is 19.1. The van der Waals surface area contributed by atoms with Crippen molar-refractivity contribution in [3.05, 3.63) is 84.2 Å². The SMILES string of the molecule is CCCCN(C(=O)C(C)(C)Oc1ccc(F)cc1)c1ccc(-c2ccc(COC)cc2)cc1. The van der Waals surface area contributed by atoms with Gasteiger partial charge in [-0.2, -0.15) is 0 Å². The number of benzene rings is 3. The maximum absolute atomic E-state index is 13.5. The minimum atomic E-state index is -1.11. The summed E-state index contributed by atoms with van der Waals surface area (Å²) in [5.74, 6) is -0.0288. The molecule has 0 aliphatic carbocycles. The first-order valence-corrected chi connectivity index (χ1v) is 11.3. The van der Waals surface area contributed by atoms with E-state index < -0.39 is 5.60 Å². The van der Waals surface area contributed by atoms with Gasteiger partial charge in [0.25, 0.3) is 5.91 Å². The van der Waals surface area contributed by atoms with Crippen LogP contribution in [0.3, 0.4) is 0 Å². The summed E-state index contributed by atoms with van der Waals surface area (Å²) in [6, 6.07) is 22.0. The summed E-state index contributed by atoms with van der Waals surface area (Å²) in [6.07, 6.45) is 1.84. The predicted octanol–water partition coefficient (Wildman–Crippen LogP) is 6.63. The van der Waals surface area contributed by atoms with Gasteiger partial charge in [0.1, 0.15) is 11.6 Å². The van der Waals surface area contributed by atoms with Gasteiger partial charge < -0.3 is 14.4 Å². The molecule has 0 bridgehead atoms. The third-order valence-corrected chi connectivity index (χ3v) is 5.46. The molecule has 0 aromatic heterocycles. The van der Waals surface area contributed by atoms with E-state index in [-0.39, 0.29) is 11.7 Å². The van der Waals surface area contributed by atoms with Gasteiger partial charge in [0.15, 0.2) is 5.60 Å². The molecule has 0 saturated heterocycles. The number of anilines is 1. The minimum absolute atomic E-state index is 0.142. The van der Waals surface area contributed by atoms with E-state index in [1.807, 2.05) is 24.3 Å². The number of unbranched alkanes of at least 4 members (excludes halogenated alkanes) is 1. The van der Waals surface area contributed by atoms with Crippen molar-refractivity contribution in [2.45, 2.75) is 45.8 Å². The Balaban J connectivity index is 1.80. The summed E-state index contributed by atoms with van der Waals surface area (Å²) in [5, 5.41) is 0. The average molecular weight is 450 g/mol. The number of carbonyl (C=O) groups is 1. The van der Waals surface area contributed by atoms with Gasteiger partial charge in [-0.3, -0.25) is 4.79 Å². The number of nitrogens with zero attached hydrogens (tertiary/aromatic N) is 1. The van der Waals surface area contributed by atoms with E-state index in [1.54, 1.807) is 25.9 Å². The fraction of sp³-hybridized carbons (Fsp3) is 0.321. The molecule has 174 valence electrons. The van der Waals surface area contributed by atoms with Crippen LogP contribution in [0.15, 0.2) is 72.8 Å². The van der Waals surface area contributed by atoms with Gasteiger partial charge in [0.05, 0.1) is 6.61 Å². The molecule has 0 saturated carbocycles. The molecule has 0 N–H and O–H groups in total. The van der Waals surface area contributed by atoms with Gasteiger partial charge in [0.2, 0.25) is 0 Å². The summed E-state index contributed by atoms with van der Waals surface area (Å²) >= 11 is 0. The second-order valence-electron chi connectivity index (χ2n) is 8.55. The van der Waals surface area contributed by atoms with Crippen LogP contribution in [-0.2, 0) is 16.1 Å². The molecule has 5 heteroatoms. The molecule has 0 aliphatic rings. The summed E-state index contributed by atoms with van der Waals surface area (Å²) in [6.45, 7) is 6.76. The highest BCUT2D eigenvalue weighted by Crippen LogP contribution is 2.27. The molecule has 0 radical (unpaired) electrons. The Morgan fingerprint density at radius 3 is 2.03 bits per heavy atom. The molecule has 0 spiro atoms. The third kappa shape index (κ3) is 6.42. The lowest BCUT2D eigenvalue weighted by molar-refractivity contribution is -0.131. The topological polar surface area (TPSA) is 38.8 Å². The molecule has 3 aromatic carbocycles. The van der Waals surface area contributed by atoms with E-state index in [9.17, 15) is 9.18 Å². The van der Waals surface area contributed by atoms with Crippen LogP contribution in [0.2, 0.25) is 0 Å². The second kappa shape index (κ2) is 11.1. The van der Waals surface area contributed by atoms with Crippen molar-refractivity contribution in [1.29, 1.82) is 0 Å². The summed E-state index contributed by atoms with van der Waals surface area (Å²) in [7, 11) is 1.68. The average Bonchev–Trinajstić information content (AvgIpc) is 2.82. The quantitative estimate of drug-likeness (QED) is 0.349. The van der Waals surface area contributed by atoms with Crippen molar-refractivity contribution in [2.24, 2.45) is 0 Å². The van der Waals surface area contributed by atoms with Crippen molar-refractivity contribution < 1.29 is 18.7 Å². The number of methoxy groups -OCH3 is 1. The number of rotatable bonds is 10. The van der Waals surface area contributed by atoms with E-state index in [0.717, 1.165) is 35.2 Å². The standard InChI is InChI=1S/C28H32FNO3/c1-5-6-19-30(27(31)28(2,3)33-26-17-13-24(29)14-18-26)25-15-11-23(12-16-25)22-9-7-21(8-10-22)20-32-4/h7-18H,5-6,19-20H2,1-4H3. The van der Waals surface area contributed by atoms with Crippen molar-refractivity contribution in [3.8, 4) is 16.9 Å². The van der Waals surface area contributed by atoms with Crippen molar-refractivity contribution >= 4 is 11.6 Å². The van der Waals surface area contributed by atoms with Crippen molar-refractivity contribution in [2.75, 3.05) is 18.6 Å². The molecular weight excluding hydrogens is 417 g/mol. The largest absolute Gasteiger partial charge is 0.478 e. The van der Waals surface area contributed by atoms with Crippen LogP contribution in [-0.4, -0.2) is 25.2 Å². The van der Waals surface area contributed by atoms with Crippen LogP contribution >= 0.6 is 0 Å². The fourth-order valence-electron chi connectivity index (χ4n) is 3.62. The predicted molar refractivity (Wildman–Crippen MR) is 131 cm³/mol. The number of hydrogen-bond acceptors (Lipinski definition) is 3. The lowest BCUT2D eigenvalue weighted by Gasteiger charge is -2.32. The molecular formula is C28H32FNO3. The second-order valence-corrected chi connectivity index (χ2v) is 8.55. The number of hydrogen-bond donors (Lipinski definition) is 0. The summed E-state index contributed by atoms with van der Waals surface area (Å²) in [5.41, 5.74) is 3.02. The van der Waals surface area contributed by atoms with Gasteiger partial charge in [-0.25, -0.2) is 4.39 Å². The Morgan fingerprint density at radius 1 is 0.909 bits per heavy atom. The zero-order valence-electron chi connectivity index (χ0n) is 19.8. The number of amides is 1. The molecule has 33 heavy (non-hydrogen) atoms. The van der Waals surface area contributed by atoms with Gasteiger partial charge in [-0.05, 0) is 73.4 Å². The lowest BCUT2D eigenvalue weighted by atomic mass is 10.0. The van der Waals surface area contributed by atoms with Crippen LogP contribution in [0.25, 0.3) is 11.1 Å². The Morgan fingerprint density at radius 2 is 1.48 bits per heavy atom. The molecule has 0 atom stereocenters. The molecule has 0 aliphatic heterocycles. The van der Waals surface area contributed by atoms with Crippen LogP contribution in [0.5, 0.6) is 5.75 Å². The molecule has 0 heterocycles. The van der Waals surface area contributed by atoms with Crippen LogP contribution in [0, 0.1) is 5.82 Å². The molecule has 1 amide bonds. The van der Waals surface area contributed by atoms with E-state index in [0.29, 0.717) is 18.9 Å². The Hall–Kier alpha value is -3.18. The third-order valence-electron chi connectivity index (χ3n) is 5.46. The lowest BCUT2D eigenvalue weighted by Crippen LogP contribution is -2.49. The van der Waals surface area contributed by atoms with E-state index in [1.165, 1.54) is 24.3 Å². The number of ether oxygens (including phenoxy) is 2. The van der Waals surface area contributed by atoms with Crippen molar-refractivity contribution in [1.82, 2.24) is 0 Å². The maximum Gasteiger partial charge on any atom is 0.270 e. The minimum Gasteiger partial charge on any atom is -0.478 e. The first-order valence-electron chi connectivity index (χ1n) is 11.3. The summed E-state index contributed by atoms with van der Waals surface area (Å²) < 4.78 is 24.4. The molecule has 0 unspecified atom stereocenters. The maximum atomic E-state index is 13.5. The zero-order chi connectivity index (χ0) is 23.8. The molecule has 4 nitrogen and oxygen atoms in total. The van der Waals surface area contributed by atoms with Gasteiger partial charge in [0, 0.05) is 19.3 Å². The number of carbonyl (C=O) groups excluding carboxylic acids is 1. The first-order chi connectivity index (χ1) is 15.8. The zero-order valence-corrected chi connectivity index (χ0v) is 19.8. The van der Waals surface area contributed by atoms with Gasteiger partial charge >= 0.3 is 0 Å². The Kier molecular flexibility index (Phi) is 8.23.